The Morgan fingerprint density at radius 3 is 1.43 bits per heavy atom. The van der Waals surface area contributed by atoms with Gasteiger partial charge < -0.3 is 22.4 Å². The Bertz CT molecular complexity index is 7270. The fraction of sp³-hybridized carbons (Fsp3) is 0.0103. The largest absolute Gasteiger partial charge is 0.456 e. The Morgan fingerprint density at radius 2 is 0.750 bits per heavy atom. The molecule has 0 aliphatic carbocycles. The Morgan fingerprint density at radius 1 is 0.296 bits per heavy atom. The molecule has 0 aliphatic rings. The molecule has 21 rings (SSSR count). The molecule has 0 bridgehead atoms. The molecule has 0 spiro atoms. The van der Waals surface area contributed by atoms with Gasteiger partial charge in [0.15, 0.2) is 34.9 Å². The maximum atomic E-state index is 7.22. The lowest BCUT2D eigenvalue weighted by molar-refractivity contribution is 0.668. The summed E-state index contributed by atoms with van der Waals surface area (Å²) in [5, 5.41) is 10.3. The molecule has 0 saturated heterocycles. The highest BCUT2D eigenvalue weighted by Crippen LogP contribution is 2.48. The predicted molar refractivity (Wildman–Crippen MR) is 441 cm³/mol. The van der Waals surface area contributed by atoms with Crippen LogP contribution in [0, 0.1) is 0 Å². The number of rotatable bonds is 13. The Balaban J connectivity index is 0.720. The maximum absolute atomic E-state index is 7.22. The van der Waals surface area contributed by atoms with E-state index in [1.165, 1.54) is 10.8 Å². The second-order valence-electron chi connectivity index (χ2n) is 27.2. The molecule has 0 amide bonds. The van der Waals surface area contributed by atoms with E-state index in [2.05, 4.69) is 223 Å². The van der Waals surface area contributed by atoms with Gasteiger partial charge in [-0.3, -0.25) is 0 Å². The third kappa shape index (κ3) is 10.1. The van der Waals surface area contributed by atoms with E-state index in [1.807, 2.05) is 133 Å². The Hall–Kier alpha value is -14.7. The topological polar surface area (TPSA) is 127 Å². The average Bonchev–Trinajstić information content (AvgIpc) is 1.56. The van der Waals surface area contributed by atoms with Gasteiger partial charge in [-0.2, -0.15) is 0 Å². The first-order valence-corrected chi connectivity index (χ1v) is 36.1. The number of hydrogen-bond donors (Lipinski definition) is 0. The van der Waals surface area contributed by atoms with Gasteiger partial charge in [0.1, 0.15) is 33.5 Å². The molecule has 14 aromatic carbocycles. The number of para-hydroxylation sites is 3. The van der Waals surface area contributed by atoms with Gasteiger partial charge in [-0.15, -0.1) is 0 Å². The SMILES string of the molecule is C=C/C=C\C(=C/C)n1c2ccccc2c2cc3c(cc21)c1cc(-c2ccc4oc5cccc(-c6nc(-c7ccccc7)nc(-c7cccc(-c8ccc(-c9nc(-c%10ccccc%10)nc(-c%10ccccc%10)n9)c9c8oc8ccc(-c%10cccc%11oc%12ccccc%12c%10%11)cc89)c7)n6)c5c4c2)ccc1n3-c1ccccc1. The molecule has 7 heterocycles. The zero-order valence-electron chi connectivity index (χ0n) is 58.3. The molecule has 506 valence electrons. The summed E-state index contributed by atoms with van der Waals surface area (Å²) in [4.78, 5) is 31.9. The summed E-state index contributed by atoms with van der Waals surface area (Å²) in [6, 6.07) is 107. The highest BCUT2D eigenvalue weighted by Gasteiger charge is 2.26. The number of allylic oxidation sites excluding steroid dienone is 5. The van der Waals surface area contributed by atoms with Gasteiger partial charge in [0, 0.05) is 104 Å². The fourth-order valence-electron chi connectivity index (χ4n) is 16.0. The van der Waals surface area contributed by atoms with Gasteiger partial charge in [0.2, 0.25) is 0 Å². The van der Waals surface area contributed by atoms with Crippen LogP contribution in [0.5, 0.6) is 0 Å². The molecule has 0 saturated carbocycles. The van der Waals surface area contributed by atoms with E-state index in [4.69, 9.17) is 43.2 Å². The zero-order chi connectivity index (χ0) is 71.5. The zero-order valence-corrected chi connectivity index (χ0v) is 58.3. The van der Waals surface area contributed by atoms with Crippen molar-refractivity contribution in [3.8, 4) is 107 Å². The van der Waals surface area contributed by atoms with Crippen LogP contribution in [0.15, 0.2) is 354 Å². The minimum absolute atomic E-state index is 0.497. The van der Waals surface area contributed by atoms with Crippen molar-refractivity contribution in [2.45, 2.75) is 6.92 Å². The summed E-state index contributed by atoms with van der Waals surface area (Å²) >= 11 is 0. The number of fused-ring (bicyclic) bond motifs is 15. The van der Waals surface area contributed by atoms with E-state index in [-0.39, 0.29) is 0 Å². The molecule has 11 nitrogen and oxygen atoms in total. The summed E-state index contributed by atoms with van der Waals surface area (Å²) in [6.07, 6.45) is 8.11. The molecule has 0 fully saturated rings. The van der Waals surface area contributed by atoms with Gasteiger partial charge >= 0.3 is 0 Å². The van der Waals surface area contributed by atoms with Crippen LogP contribution in [0.2, 0.25) is 0 Å². The van der Waals surface area contributed by atoms with Crippen molar-refractivity contribution in [2.24, 2.45) is 0 Å². The smallest absolute Gasteiger partial charge is 0.164 e. The summed E-state index contributed by atoms with van der Waals surface area (Å²) in [5.74, 6) is 3.16. The van der Waals surface area contributed by atoms with Crippen LogP contribution in [-0.4, -0.2) is 39.0 Å². The summed E-state index contributed by atoms with van der Waals surface area (Å²) in [5.41, 5.74) is 22.0. The van der Waals surface area contributed by atoms with E-state index in [0.717, 1.165) is 166 Å². The molecule has 21 aromatic rings. The molecule has 0 radical (unpaired) electrons. The normalized spacial score (nSPS) is 12.2. The van der Waals surface area contributed by atoms with Gasteiger partial charge in [-0.05, 0) is 144 Å². The number of nitrogens with zero attached hydrogens (tertiary/aromatic N) is 8. The predicted octanol–water partition coefficient (Wildman–Crippen LogP) is 25.6. The van der Waals surface area contributed by atoms with Crippen LogP contribution in [0.3, 0.4) is 0 Å². The summed E-state index contributed by atoms with van der Waals surface area (Å²) in [6.45, 7) is 6.09. The molecule has 7 aromatic heterocycles. The lowest BCUT2D eigenvalue weighted by Crippen LogP contribution is -2.01. The lowest BCUT2D eigenvalue weighted by Gasteiger charge is -2.12. The molecule has 0 N–H and O–H groups in total. The second-order valence-corrected chi connectivity index (χ2v) is 27.2. The second kappa shape index (κ2) is 25.0. The highest BCUT2D eigenvalue weighted by molar-refractivity contribution is 6.22. The van der Waals surface area contributed by atoms with Crippen LogP contribution in [0.4, 0.5) is 0 Å². The van der Waals surface area contributed by atoms with E-state index >= 15 is 0 Å². The van der Waals surface area contributed by atoms with Gasteiger partial charge in [0.05, 0.1) is 22.1 Å². The third-order valence-electron chi connectivity index (χ3n) is 21.0. The molecule has 108 heavy (non-hydrogen) atoms. The number of benzene rings is 14. The van der Waals surface area contributed by atoms with Crippen molar-refractivity contribution in [3.63, 3.8) is 0 Å². The monoisotopic (exact) mass is 1380 g/mol. The van der Waals surface area contributed by atoms with Crippen molar-refractivity contribution < 1.29 is 13.3 Å². The van der Waals surface area contributed by atoms with Crippen molar-refractivity contribution in [3.05, 3.63) is 340 Å². The maximum Gasteiger partial charge on any atom is 0.164 e. The summed E-state index contributed by atoms with van der Waals surface area (Å²) in [7, 11) is 0. The first-order valence-electron chi connectivity index (χ1n) is 36.1. The molecular weight excluding hydrogens is 1330 g/mol. The average molecular weight is 1390 g/mol. The first-order chi connectivity index (χ1) is 53.4. The Kier molecular flexibility index (Phi) is 14.4. The van der Waals surface area contributed by atoms with Crippen molar-refractivity contribution in [1.82, 2.24) is 39.0 Å². The van der Waals surface area contributed by atoms with Crippen LogP contribution in [-0.2, 0) is 0 Å². The van der Waals surface area contributed by atoms with Crippen LogP contribution >= 0.6 is 0 Å². The van der Waals surface area contributed by atoms with Crippen LogP contribution in [0.1, 0.15) is 6.92 Å². The lowest BCUT2D eigenvalue weighted by atomic mass is 9.94. The molecular formula is C97H60N8O3. The standard InChI is InChI=1S/C97H60N8O3/c1-3-5-33-66(4-2)104-79-40-20-18-36-70(79)75-56-82-76(57-81(75)104)74-53-61(44-49-80(74)105(82)67-34-16-9-17-35-67)62-45-50-84-77(54-62)89-72(39-24-43-87(89)107-84)96-100-94(60-29-14-8-15-30-60)99-95(103-96)65-32-22-31-63(52-65)69-47-48-73(97-101-92(58-25-10-6-11-26-58)98-93(102-97)59-27-12-7-13-28-59)90-78-55-64(46-51-85(78)108-91(69)90)68-38-23-42-86-88(68)71-37-19-21-41-83(71)106-86/h3-57H,1H2,2H3/b33-5-,66-4+. The third-order valence-corrected chi connectivity index (χ3v) is 21.0. The van der Waals surface area contributed by atoms with Crippen molar-refractivity contribution in [2.75, 3.05) is 0 Å². The van der Waals surface area contributed by atoms with Gasteiger partial charge in [-0.1, -0.05) is 231 Å². The number of furan rings is 3. The minimum Gasteiger partial charge on any atom is -0.456 e. The minimum atomic E-state index is 0.497. The van der Waals surface area contributed by atoms with E-state index in [9.17, 15) is 0 Å². The Labute approximate surface area is 618 Å². The molecule has 0 unspecified atom stereocenters. The molecule has 0 aliphatic heterocycles. The first kappa shape index (κ1) is 61.9. The molecule has 0 atom stereocenters. The summed E-state index contributed by atoms with van der Waals surface area (Å²) < 4.78 is 25.2. The number of hydrogen-bond acceptors (Lipinski definition) is 9. The molecule has 11 heteroatoms. The van der Waals surface area contributed by atoms with E-state index < -0.39 is 0 Å². The number of aromatic nitrogens is 8. The highest BCUT2D eigenvalue weighted by atomic mass is 16.3. The van der Waals surface area contributed by atoms with Crippen LogP contribution < -0.4 is 0 Å². The van der Waals surface area contributed by atoms with E-state index in [1.54, 1.807) is 0 Å². The van der Waals surface area contributed by atoms with Crippen molar-refractivity contribution >= 4 is 115 Å². The quantitative estimate of drug-likeness (QED) is 0.104. The van der Waals surface area contributed by atoms with Crippen LogP contribution in [0.25, 0.3) is 223 Å². The van der Waals surface area contributed by atoms with Crippen molar-refractivity contribution in [1.29, 1.82) is 0 Å². The van der Waals surface area contributed by atoms with E-state index in [0.29, 0.717) is 46.1 Å². The fourth-order valence-corrected chi connectivity index (χ4v) is 16.0. The van der Waals surface area contributed by atoms with Gasteiger partial charge in [0.25, 0.3) is 0 Å². The van der Waals surface area contributed by atoms with Gasteiger partial charge in [-0.25, -0.2) is 29.9 Å².